The lowest BCUT2D eigenvalue weighted by Gasteiger charge is -2.20. The Bertz CT molecular complexity index is 1140. The molecule has 180 valence electrons. The predicted molar refractivity (Wildman–Crippen MR) is 144 cm³/mol. The summed E-state index contributed by atoms with van der Waals surface area (Å²) in [5.74, 6) is 0.113. The lowest BCUT2D eigenvalue weighted by atomic mass is 10.1. The molecule has 0 radical (unpaired) electrons. The van der Waals surface area contributed by atoms with Crippen LogP contribution in [-0.2, 0) is 11.4 Å². The summed E-state index contributed by atoms with van der Waals surface area (Å²) in [7, 11) is 1.57. The summed E-state index contributed by atoms with van der Waals surface area (Å²) >= 11 is 3.56. The molecule has 2 aromatic rings. The lowest BCUT2D eigenvalue weighted by Crippen LogP contribution is -2.35. The molecule has 7 nitrogen and oxygen atoms in total. The van der Waals surface area contributed by atoms with Gasteiger partial charge in [-0.05, 0) is 104 Å². The molecule has 9 heteroatoms. The van der Waals surface area contributed by atoms with Gasteiger partial charge >= 0.3 is 5.97 Å². The Kier molecular flexibility index (Phi) is 8.64. The molecule has 34 heavy (non-hydrogen) atoms. The van der Waals surface area contributed by atoms with Crippen LogP contribution in [0.1, 0.15) is 49.2 Å². The molecule has 1 heterocycles. The van der Waals surface area contributed by atoms with E-state index in [4.69, 9.17) is 14.6 Å². The van der Waals surface area contributed by atoms with E-state index in [0.717, 1.165) is 19.9 Å². The first-order valence-electron chi connectivity index (χ1n) is 10.7. The Balaban J connectivity index is 1.84. The molecule has 1 amide bonds. The quantitative estimate of drug-likeness (QED) is 0.313. The topological polar surface area (TPSA) is 88.4 Å². The highest BCUT2D eigenvalue weighted by Crippen LogP contribution is 2.38. The average molecular weight is 594 g/mol. The van der Waals surface area contributed by atoms with E-state index in [0.29, 0.717) is 16.4 Å². The molecule has 0 bridgehead atoms. The summed E-state index contributed by atoms with van der Waals surface area (Å²) in [6, 6.07) is 10.4. The molecular formula is C25H27IN2O5S. The Morgan fingerprint density at radius 3 is 2.44 bits per heavy atom. The number of carboxylic acid groups (broad SMARTS) is 1. The fraction of sp³-hybridized carbons (Fsp3) is 0.320. The van der Waals surface area contributed by atoms with Crippen molar-refractivity contribution >= 4 is 57.5 Å². The summed E-state index contributed by atoms with van der Waals surface area (Å²) in [5.41, 5.74) is 1.89. The number of carboxylic acids is 1. The van der Waals surface area contributed by atoms with Crippen LogP contribution in [0.5, 0.6) is 11.5 Å². The highest BCUT2D eigenvalue weighted by atomic mass is 127. The second-order valence-corrected chi connectivity index (χ2v) is 10.4. The van der Waals surface area contributed by atoms with Crippen molar-refractivity contribution in [2.45, 2.75) is 46.4 Å². The molecule has 1 N–H and O–H groups in total. The van der Waals surface area contributed by atoms with Crippen LogP contribution in [-0.4, -0.2) is 46.2 Å². The number of aromatic carboxylic acids is 1. The highest BCUT2D eigenvalue weighted by Gasteiger charge is 2.35. The molecule has 2 aromatic carbocycles. The Labute approximate surface area is 217 Å². The van der Waals surface area contributed by atoms with Crippen LogP contribution in [0, 0.1) is 3.57 Å². The van der Waals surface area contributed by atoms with Gasteiger partial charge in [0, 0.05) is 12.1 Å². The third-order valence-corrected chi connectivity index (χ3v) is 6.65. The number of rotatable bonds is 8. The van der Waals surface area contributed by atoms with Crippen LogP contribution in [0.4, 0.5) is 0 Å². The number of thioether (sulfide) groups is 1. The number of ether oxygens (including phenoxy) is 2. The highest BCUT2D eigenvalue weighted by molar-refractivity contribution is 14.1. The van der Waals surface area contributed by atoms with Gasteiger partial charge in [0.1, 0.15) is 6.61 Å². The Morgan fingerprint density at radius 1 is 1.21 bits per heavy atom. The van der Waals surface area contributed by atoms with Gasteiger partial charge in [-0.3, -0.25) is 14.7 Å². The summed E-state index contributed by atoms with van der Waals surface area (Å²) in [6.45, 7) is 8.20. The summed E-state index contributed by atoms with van der Waals surface area (Å²) in [5, 5.41) is 9.76. The van der Waals surface area contributed by atoms with Gasteiger partial charge in [0.25, 0.3) is 5.91 Å². The number of hydrogen-bond donors (Lipinski definition) is 1. The van der Waals surface area contributed by atoms with Crippen LogP contribution in [0.3, 0.4) is 0 Å². The van der Waals surface area contributed by atoms with Gasteiger partial charge in [0.05, 0.1) is 21.1 Å². The minimum absolute atomic E-state index is 0.0124. The molecule has 0 spiro atoms. The fourth-order valence-corrected chi connectivity index (χ4v) is 5.28. The molecule has 0 unspecified atom stereocenters. The summed E-state index contributed by atoms with van der Waals surface area (Å²) in [6.07, 6.45) is 1.85. The van der Waals surface area contributed by atoms with Crippen molar-refractivity contribution in [1.29, 1.82) is 0 Å². The number of amidine groups is 1. The SMILES string of the molecule is COc1cc(/C=C2/SC(=NC(C)C)N(C(C)C)C2=O)cc(I)c1OCc1ccc(C(=O)O)cc1. The number of methoxy groups -OCH3 is 1. The Hall–Kier alpha value is -2.53. The molecule has 0 aromatic heterocycles. The molecule has 1 saturated heterocycles. The molecule has 1 aliphatic rings. The van der Waals surface area contributed by atoms with E-state index in [1.807, 2.05) is 45.9 Å². The van der Waals surface area contributed by atoms with Crippen molar-refractivity contribution in [3.05, 3.63) is 61.6 Å². The van der Waals surface area contributed by atoms with Crippen molar-refractivity contribution in [3.8, 4) is 11.5 Å². The minimum atomic E-state index is -0.966. The smallest absolute Gasteiger partial charge is 0.335 e. The second-order valence-electron chi connectivity index (χ2n) is 8.21. The van der Waals surface area contributed by atoms with Gasteiger partial charge in [-0.1, -0.05) is 12.1 Å². The van der Waals surface area contributed by atoms with Crippen molar-refractivity contribution in [2.75, 3.05) is 7.11 Å². The van der Waals surface area contributed by atoms with Crippen molar-refractivity contribution in [3.63, 3.8) is 0 Å². The van der Waals surface area contributed by atoms with Crippen molar-refractivity contribution in [2.24, 2.45) is 4.99 Å². The normalized spacial score (nSPS) is 16.2. The zero-order chi connectivity index (χ0) is 25.0. The van der Waals surface area contributed by atoms with Gasteiger partial charge in [-0.15, -0.1) is 0 Å². The van der Waals surface area contributed by atoms with Crippen LogP contribution in [0.15, 0.2) is 46.3 Å². The number of aliphatic imine (C=N–C) groups is 1. The number of benzene rings is 2. The van der Waals surface area contributed by atoms with Gasteiger partial charge in [-0.2, -0.15) is 0 Å². The second kappa shape index (κ2) is 11.3. The van der Waals surface area contributed by atoms with Crippen LogP contribution in [0.2, 0.25) is 0 Å². The fourth-order valence-electron chi connectivity index (χ4n) is 3.27. The van der Waals surface area contributed by atoms with Crippen LogP contribution >= 0.6 is 34.4 Å². The van der Waals surface area contributed by atoms with Gasteiger partial charge < -0.3 is 14.6 Å². The average Bonchev–Trinajstić information content (AvgIpc) is 3.06. The summed E-state index contributed by atoms with van der Waals surface area (Å²) in [4.78, 5) is 31.0. The Morgan fingerprint density at radius 2 is 1.88 bits per heavy atom. The van der Waals surface area contributed by atoms with E-state index in [1.165, 1.54) is 11.8 Å². The zero-order valence-corrected chi connectivity index (χ0v) is 22.6. The maximum absolute atomic E-state index is 13.0. The number of amides is 1. The first kappa shape index (κ1) is 26.1. The number of halogens is 1. The van der Waals surface area contributed by atoms with Gasteiger partial charge in [-0.25, -0.2) is 4.79 Å². The number of nitrogens with zero attached hydrogens (tertiary/aromatic N) is 2. The molecule has 0 atom stereocenters. The number of carbonyl (C=O) groups excluding carboxylic acids is 1. The zero-order valence-electron chi connectivity index (χ0n) is 19.7. The summed E-state index contributed by atoms with van der Waals surface area (Å²) < 4.78 is 12.4. The van der Waals surface area contributed by atoms with Gasteiger partial charge in [0.15, 0.2) is 16.7 Å². The predicted octanol–water partition coefficient (Wildman–Crippen LogP) is 5.67. The van der Waals surface area contributed by atoms with Crippen molar-refractivity contribution < 1.29 is 24.2 Å². The van der Waals surface area contributed by atoms with Gasteiger partial charge in [0.2, 0.25) is 0 Å². The maximum Gasteiger partial charge on any atom is 0.335 e. The third-order valence-electron chi connectivity index (χ3n) is 4.86. The number of hydrogen-bond acceptors (Lipinski definition) is 6. The molecular weight excluding hydrogens is 567 g/mol. The van der Waals surface area contributed by atoms with Crippen LogP contribution < -0.4 is 9.47 Å². The lowest BCUT2D eigenvalue weighted by molar-refractivity contribution is -0.123. The first-order valence-corrected chi connectivity index (χ1v) is 12.6. The minimum Gasteiger partial charge on any atom is -0.493 e. The largest absolute Gasteiger partial charge is 0.493 e. The van der Waals surface area contributed by atoms with E-state index in [1.54, 1.807) is 36.3 Å². The van der Waals surface area contributed by atoms with E-state index < -0.39 is 5.97 Å². The molecule has 1 aliphatic heterocycles. The number of carbonyl (C=O) groups is 2. The molecule has 3 rings (SSSR count). The van der Waals surface area contributed by atoms with E-state index >= 15 is 0 Å². The molecule has 1 fully saturated rings. The molecule has 0 saturated carbocycles. The van der Waals surface area contributed by atoms with E-state index in [-0.39, 0.29) is 30.2 Å². The van der Waals surface area contributed by atoms with Crippen molar-refractivity contribution in [1.82, 2.24) is 4.90 Å². The maximum atomic E-state index is 13.0. The molecule has 0 aliphatic carbocycles. The van der Waals surface area contributed by atoms with E-state index in [9.17, 15) is 9.59 Å². The standard InChI is InChI=1S/C25H27IN2O5S/c1-14(2)27-25-28(15(3)4)23(29)21(34-25)12-17-10-19(26)22(20(11-17)32-5)33-13-16-6-8-18(9-7-16)24(30)31/h6-12,14-15H,13H2,1-5H3,(H,30,31)/b21-12+,27-25?. The monoisotopic (exact) mass is 594 g/mol. The third kappa shape index (κ3) is 6.12. The first-order chi connectivity index (χ1) is 16.1. The van der Waals surface area contributed by atoms with Crippen LogP contribution in [0.25, 0.3) is 6.08 Å². The van der Waals surface area contributed by atoms with E-state index in [2.05, 4.69) is 27.6 Å².